The van der Waals surface area contributed by atoms with Gasteiger partial charge in [0.05, 0.1) is 23.5 Å². The Morgan fingerprint density at radius 3 is 2.65 bits per heavy atom. The fourth-order valence-electron chi connectivity index (χ4n) is 2.83. The van der Waals surface area contributed by atoms with E-state index in [1.54, 1.807) is 36.0 Å². The third kappa shape index (κ3) is 2.44. The Kier molecular flexibility index (Phi) is 3.57. The van der Waals surface area contributed by atoms with Crippen LogP contribution in [-0.2, 0) is 0 Å². The highest BCUT2D eigenvalue weighted by molar-refractivity contribution is 5.89. The molecule has 26 heavy (non-hydrogen) atoms. The number of fused-ring (bicyclic) bond motifs is 1. The Morgan fingerprint density at radius 2 is 2.00 bits per heavy atom. The van der Waals surface area contributed by atoms with Crippen molar-refractivity contribution in [1.82, 2.24) is 19.4 Å². The zero-order chi connectivity index (χ0) is 18.4. The van der Waals surface area contributed by atoms with E-state index in [4.69, 9.17) is 9.52 Å². The summed E-state index contributed by atoms with van der Waals surface area (Å²) in [6.07, 6.45) is 5.80. The highest BCUT2D eigenvalue weighted by atomic mass is 19.3. The van der Waals surface area contributed by atoms with Crippen LogP contribution in [0.5, 0.6) is 0 Å². The Morgan fingerprint density at radius 1 is 1.23 bits per heavy atom. The number of carboxylic acid groups (broad SMARTS) is 1. The molecule has 4 rings (SSSR count). The molecule has 0 atom stereocenters. The van der Waals surface area contributed by atoms with E-state index in [-0.39, 0.29) is 5.56 Å². The van der Waals surface area contributed by atoms with Gasteiger partial charge < -0.3 is 9.52 Å². The number of aromatic nitrogens is 4. The van der Waals surface area contributed by atoms with Crippen LogP contribution in [-0.4, -0.2) is 30.5 Å². The monoisotopic (exact) mass is 358 g/mol. The number of pyridine rings is 1. The lowest BCUT2D eigenvalue weighted by Gasteiger charge is -2.04. The molecule has 0 saturated heterocycles. The van der Waals surface area contributed by atoms with Gasteiger partial charge in [0.2, 0.25) is 0 Å². The number of hydrogen-bond donors (Lipinski definition) is 1. The van der Waals surface area contributed by atoms with Crippen molar-refractivity contribution in [2.75, 3.05) is 0 Å². The predicted molar refractivity (Wildman–Crippen MR) is 87.1 cm³/mol. The van der Waals surface area contributed by atoms with Gasteiger partial charge in [-0.3, -0.25) is 0 Å². The molecule has 0 saturated carbocycles. The van der Waals surface area contributed by atoms with Crippen LogP contribution in [0.3, 0.4) is 0 Å². The van der Waals surface area contributed by atoms with Crippen molar-refractivity contribution in [3.05, 3.63) is 54.3 Å². The molecule has 0 fully saturated rings. The molecule has 0 spiro atoms. The molecule has 0 aliphatic carbocycles. The second kappa shape index (κ2) is 5.80. The molecular weight excluding hydrogens is 346 g/mol. The smallest absolute Gasteiger partial charge is 0.338 e. The maximum atomic E-state index is 13.0. The van der Waals surface area contributed by atoms with Crippen molar-refractivity contribution in [3.8, 4) is 22.5 Å². The minimum absolute atomic E-state index is 0.0441. The summed E-state index contributed by atoms with van der Waals surface area (Å²) in [5.41, 5.74) is 2.86. The Bertz CT molecular complexity index is 1130. The van der Waals surface area contributed by atoms with E-state index in [1.165, 1.54) is 12.3 Å². The Hall–Kier alpha value is -3.49. The van der Waals surface area contributed by atoms with Gasteiger partial charge in [0.25, 0.3) is 0 Å². The van der Waals surface area contributed by atoms with E-state index < -0.39 is 12.5 Å². The van der Waals surface area contributed by atoms with Crippen LogP contribution in [0.25, 0.3) is 28.0 Å². The van der Waals surface area contributed by atoms with Crippen LogP contribution in [0.15, 0.2) is 47.5 Å². The molecule has 0 aromatic carbocycles. The largest absolute Gasteiger partial charge is 0.478 e. The number of aromatic carboxylic acids is 1. The van der Waals surface area contributed by atoms with E-state index in [0.717, 1.165) is 6.26 Å². The molecule has 0 amide bonds. The van der Waals surface area contributed by atoms with Crippen LogP contribution in [0.4, 0.5) is 8.78 Å². The zero-order valence-corrected chi connectivity index (χ0v) is 13.4. The van der Waals surface area contributed by atoms with Crippen molar-refractivity contribution in [3.63, 3.8) is 0 Å². The molecule has 4 aromatic heterocycles. The zero-order valence-electron chi connectivity index (χ0n) is 13.4. The summed E-state index contributed by atoms with van der Waals surface area (Å²) in [5.74, 6) is -0.696. The van der Waals surface area contributed by atoms with Gasteiger partial charge in [-0.2, -0.15) is 19.0 Å². The van der Waals surface area contributed by atoms with E-state index in [9.17, 15) is 13.6 Å². The summed E-state index contributed by atoms with van der Waals surface area (Å²) in [5, 5.41) is 17.0. The van der Waals surface area contributed by atoms with Crippen LogP contribution in [0.2, 0.25) is 0 Å². The average molecular weight is 358 g/mol. The number of nitrogens with zero attached hydrogens (tertiary/aromatic N) is 4. The minimum atomic E-state index is -2.72. The summed E-state index contributed by atoms with van der Waals surface area (Å²) in [6, 6.07) is 4.90. The molecule has 0 bridgehead atoms. The van der Waals surface area contributed by atoms with Crippen LogP contribution < -0.4 is 0 Å². The number of carbonyl (C=O) groups is 1. The number of rotatable bonds is 4. The van der Waals surface area contributed by atoms with Crippen molar-refractivity contribution in [2.45, 2.75) is 13.5 Å². The third-order valence-corrected chi connectivity index (χ3v) is 4.17. The second-order valence-corrected chi connectivity index (χ2v) is 5.67. The molecule has 7 nitrogen and oxygen atoms in total. The average Bonchev–Trinajstić information content (AvgIpc) is 3.31. The van der Waals surface area contributed by atoms with Crippen molar-refractivity contribution >= 4 is 11.5 Å². The lowest BCUT2D eigenvalue weighted by atomic mass is 10.1. The quantitative estimate of drug-likeness (QED) is 0.599. The van der Waals surface area contributed by atoms with E-state index in [1.807, 2.05) is 0 Å². The minimum Gasteiger partial charge on any atom is -0.478 e. The maximum absolute atomic E-state index is 13.0. The van der Waals surface area contributed by atoms with Gasteiger partial charge in [-0.05, 0) is 25.1 Å². The van der Waals surface area contributed by atoms with E-state index in [0.29, 0.717) is 38.3 Å². The normalized spacial score (nSPS) is 11.5. The standard InChI is InChI=1S/C17H12F2N4O3/c1-9-12(6-21-23(9)17(18)19)13-7-20-22-3-2-10(4-14(13)22)15-5-11(8-26-15)16(24)25/h2-8,17H,1H3,(H,24,25). The Labute approximate surface area is 145 Å². The maximum Gasteiger partial charge on any atom is 0.338 e. The summed E-state index contributed by atoms with van der Waals surface area (Å²) in [6.45, 7) is -1.16. The summed E-state index contributed by atoms with van der Waals surface area (Å²) < 4.78 is 33.5. The van der Waals surface area contributed by atoms with Gasteiger partial charge >= 0.3 is 12.5 Å². The van der Waals surface area contributed by atoms with Crippen molar-refractivity contribution in [1.29, 1.82) is 0 Å². The third-order valence-electron chi connectivity index (χ3n) is 4.17. The van der Waals surface area contributed by atoms with Gasteiger partial charge in [-0.15, -0.1) is 0 Å². The molecule has 0 radical (unpaired) electrons. The fourth-order valence-corrected chi connectivity index (χ4v) is 2.83. The Balaban J connectivity index is 1.83. The lowest BCUT2D eigenvalue weighted by Crippen LogP contribution is -2.02. The molecular formula is C17H12F2N4O3. The number of hydrogen-bond acceptors (Lipinski definition) is 4. The highest BCUT2D eigenvalue weighted by Crippen LogP contribution is 2.31. The number of carboxylic acids is 1. The van der Waals surface area contributed by atoms with Gasteiger partial charge in [-0.25, -0.2) is 14.0 Å². The predicted octanol–water partition coefficient (Wildman–Crippen LogP) is 3.86. The number of halogens is 2. The second-order valence-electron chi connectivity index (χ2n) is 5.67. The molecule has 0 aliphatic rings. The van der Waals surface area contributed by atoms with Gasteiger partial charge in [0.1, 0.15) is 12.0 Å². The van der Waals surface area contributed by atoms with Gasteiger partial charge in [0.15, 0.2) is 0 Å². The van der Waals surface area contributed by atoms with Crippen LogP contribution >= 0.6 is 0 Å². The molecule has 1 N–H and O–H groups in total. The van der Waals surface area contributed by atoms with Crippen LogP contribution in [0.1, 0.15) is 22.6 Å². The first kappa shape index (κ1) is 16.0. The summed E-state index contributed by atoms with van der Waals surface area (Å²) >= 11 is 0. The molecule has 4 heterocycles. The first-order chi connectivity index (χ1) is 12.5. The van der Waals surface area contributed by atoms with E-state index in [2.05, 4.69) is 10.2 Å². The molecule has 0 unspecified atom stereocenters. The molecule has 132 valence electrons. The molecule has 0 aliphatic heterocycles. The lowest BCUT2D eigenvalue weighted by molar-refractivity contribution is 0.0544. The van der Waals surface area contributed by atoms with Crippen LogP contribution in [0, 0.1) is 6.92 Å². The topological polar surface area (TPSA) is 85.6 Å². The fraction of sp³-hybridized carbons (Fsp3) is 0.118. The highest BCUT2D eigenvalue weighted by Gasteiger charge is 2.18. The van der Waals surface area contributed by atoms with Crippen molar-refractivity contribution < 1.29 is 23.1 Å². The molecule has 4 aromatic rings. The number of alkyl halides is 2. The summed E-state index contributed by atoms with van der Waals surface area (Å²) in [4.78, 5) is 11.0. The molecule has 9 heteroatoms. The van der Waals surface area contributed by atoms with Crippen molar-refractivity contribution in [2.24, 2.45) is 0 Å². The SMILES string of the molecule is Cc1c(-c2cnn3ccc(-c4cc(C(=O)O)co4)cc23)cnn1C(F)F. The first-order valence-corrected chi connectivity index (χ1v) is 7.58. The van der Waals surface area contributed by atoms with E-state index >= 15 is 0 Å². The van der Waals surface area contributed by atoms with Gasteiger partial charge in [-0.1, -0.05) is 0 Å². The number of furan rings is 1. The summed E-state index contributed by atoms with van der Waals surface area (Å²) in [7, 11) is 0. The first-order valence-electron chi connectivity index (χ1n) is 7.58. The van der Waals surface area contributed by atoms with Gasteiger partial charge in [0, 0.05) is 28.6 Å².